The van der Waals surface area contributed by atoms with E-state index in [1.165, 1.54) is 0 Å². The number of alkyl halides is 1. The summed E-state index contributed by atoms with van der Waals surface area (Å²) in [6.07, 6.45) is 3.71. The summed E-state index contributed by atoms with van der Waals surface area (Å²) in [5.41, 5.74) is 2.02. The number of aromatic nitrogens is 3. The van der Waals surface area contributed by atoms with Gasteiger partial charge < -0.3 is 9.64 Å². The molecule has 3 rings (SSSR count). The average molecular weight is 281 g/mol. The third kappa shape index (κ3) is 2.28. The van der Waals surface area contributed by atoms with Crippen LogP contribution in [0, 0.1) is 6.92 Å². The zero-order valence-electron chi connectivity index (χ0n) is 11.1. The molecule has 2 aromatic heterocycles. The molecule has 0 saturated carbocycles. The largest absolute Gasteiger partial charge is 0.373 e. The zero-order chi connectivity index (χ0) is 13.4. The number of hydrogen-bond donors (Lipinski definition) is 0. The first kappa shape index (κ1) is 12.7. The van der Waals surface area contributed by atoms with Crippen LogP contribution in [0.15, 0.2) is 18.5 Å². The Kier molecular flexibility index (Phi) is 3.33. The Morgan fingerprint density at radius 1 is 1.53 bits per heavy atom. The number of nitrogens with zero attached hydrogens (tertiary/aromatic N) is 4. The van der Waals surface area contributed by atoms with Crippen molar-refractivity contribution in [2.75, 3.05) is 23.9 Å². The summed E-state index contributed by atoms with van der Waals surface area (Å²) in [6.45, 7) is 5.56. The van der Waals surface area contributed by atoms with Gasteiger partial charge >= 0.3 is 0 Å². The smallest absolute Gasteiger partial charge is 0.155 e. The molecule has 5 nitrogen and oxygen atoms in total. The zero-order valence-corrected chi connectivity index (χ0v) is 11.8. The summed E-state index contributed by atoms with van der Waals surface area (Å²) in [5.74, 6) is 1.46. The average Bonchev–Trinajstić information content (AvgIpc) is 2.79. The van der Waals surface area contributed by atoms with Gasteiger partial charge in [-0.05, 0) is 19.9 Å². The van der Waals surface area contributed by atoms with Crippen molar-refractivity contribution in [2.24, 2.45) is 0 Å². The van der Waals surface area contributed by atoms with Gasteiger partial charge in [-0.15, -0.1) is 11.6 Å². The van der Waals surface area contributed by atoms with Crippen LogP contribution in [0.1, 0.15) is 12.6 Å². The summed E-state index contributed by atoms with van der Waals surface area (Å²) in [5, 5.41) is 4.43. The number of aryl methyl sites for hydroxylation is 1. The van der Waals surface area contributed by atoms with E-state index in [1.54, 1.807) is 6.20 Å². The summed E-state index contributed by atoms with van der Waals surface area (Å²) in [4.78, 5) is 6.79. The van der Waals surface area contributed by atoms with E-state index in [9.17, 15) is 0 Å². The number of rotatable bonds is 2. The van der Waals surface area contributed by atoms with Crippen molar-refractivity contribution in [3.8, 4) is 0 Å². The molecular weight excluding hydrogens is 264 g/mol. The highest BCUT2D eigenvalue weighted by atomic mass is 35.5. The number of anilines is 1. The van der Waals surface area contributed by atoms with Crippen molar-refractivity contribution in [2.45, 2.75) is 26.0 Å². The maximum atomic E-state index is 5.91. The highest BCUT2D eigenvalue weighted by molar-refractivity contribution is 6.18. The molecule has 1 fully saturated rings. The van der Waals surface area contributed by atoms with Crippen molar-refractivity contribution in [3.63, 3.8) is 0 Å². The molecule has 1 aliphatic rings. The Hall–Kier alpha value is -1.33. The molecule has 0 aromatic carbocycles. The predicted molar refractivity (Wildman–Crippen MR) is 75.0 cm³/mol. The number of fused-ring (bicyclic) bond motifs is 1. The van der Waals surface area contributed by atoms with E-state index >= 15 is 0 Å². The molecule has 0 aliphatic carbocycles. The van der Waals surface area contributed by atoms with E-state index in [1.807, 2.05) is 17.6 Å². The Labute approximate surface area is 117 Å². The highest BCUT2D eigenvalue weighted by Crippen LogP contribution is 2.25. The maximum Gasteiger partial charge on any atom is 0.155 e. The van der Waals surface area contributed by atoms with Gasteiger partial charge in [0.1, 0.15) is 5.52 Å². The highest BCUT2D eigenvalue weighted by Gasteiger charge is 2.28. The fourth-order valence-electron chi connectivity index (χ4n) is 2.46. The minimum Gasteiger partial charge on any atom is -0.373 e. The van der Waals surface area contributed by atoms with E-state index in [4.69, 9.17) is 16.3 Å². The van der Waals surface area contributed by atoms with Crippen molar-refractivity contribution in [3.05, 3.63) is 24.2 Å². The molecule has 2 aromatic rings. The number of morpholine rings is 1. The van der Waals surface area contributed by atoms with Crippen LogP contribution in [0.2, 0.25) is 0 Å². The Balaban J connectivity index is 2.02. The van der Waals surface area contributed by atoms with Gasteiger partial charge in [0, 0.05) is 18.9 Å². The van der Waals surface area contributed by atoms with Gasteiger partial charge in [-0.2, -0.15) is 5.10 Å². The lowest BCUT2D eigenvalue weighted by Crippen LogP contribution is -2.49. The number of halogens is 1. The summed E-state index contributed by atoms with van der Waals surface area (Å²) >= 11 is 5.91. The van der Waals surface area contributed by atoms with Gasteiger partial charge in [0.05, 0.1) is 30.3 Å². The lowest BCUT2D eigenvalue weighted by Gasteiger charge is -2.38. The topological polar surface area (TPSA) is 42.7 Å². The lowest BCUT2D eigenvalue weighted by molar-refractivity contribution is 0.0362. The van der Waals surface area contributed by atoms with Crippen LogP contribution in [0.3, 0.4) is 0 Å². The first-order valence-electron chi connectivity index (χ1n) is 6.44. The third-order valence-electron chi connectivity index (χ3n) is 3.44. The first-order chi connectivity index (χ1) is 9.19. The molecule has 19 heavy (non-hydrogen) atoms. The van der Waals surface area contributed by atoms with Gasteiger partial charge in [0.15, 0.2) is 5.82 Å². The minimum atomic E-state index is 0.0592. The van der Waals surface area contributed by atoms with E-state index in [0.29, 0.717) is 12.5 Å². The molecule has 3 heterocycles. The first-order valence-corrected chi connectivity index (χ1v) is 6.97. The van der Waals surface area contributed by atoms with Crippen LogP contribution < -0.4 is 4.90 Å². The van der Waals surface area contributed by atoms with Crippen molar-refractivity contribution >= 4 is 22.9 Å². The summed E-state index contributed by atoms with van der Waals surface area (Å²) in [7, 11) is 0. The quantitative estimate of drug-likeness (QED) is 0.788. The molecule has 2 unspecified atom stereocenters. The van der Waals surface area contributed by atoms with E-state index in [0.717, 1.165) is 23.6 Å². The fraction of sp³-hybridized carbons (Fsp3) is 0.538. The van der Waals surface area contributed by atoms with Gasteiger partial charge in [-0.1, -0.05) is 0 Å². The SMILES string of the molecule is Cc1cc2c(N3CC(CCl)OCC3C)nccn2n1. The molecule has 0 radical (unpaired) electrons. The molecule has 0 N–H and O–H groups in total. The van der Waals surface area contributed by atoms with Crippen LogP contribution in [-0.2, 0) is 4.74 Å². The lowest BCUT2D eigenvalue weighted by atomic mass is 10.2. The molecule has 0 spiro atoms. The van der Waals surface area contributed by atoms with Crippen molar-refractivity contribution in [1.29, 1.82) is 0 Å². The molecule has 102 valence electrons. The van der Waals surface area contributed by atoms with Crippen molar-refractivity contribution < 1.29 is 4.74 Å². The van der Waals surface area contributed by atoms with E-state index in [2.05, 4.69) is 28.0 Å². The van der Waals surface area contributed by atoms with Gasteiger partial charge in [0.2, 0.25) is 0 Å². The molecule has 1 saturated heterocycles. The molecular formula is C13H17ClN4O. The van der Waals surface area contributed by atoms with Gasteiger partial charge in [-0.3, -0.25) is 0 Å². The predicted octanol–water partition coefficient (Wildman–Crippen LogP) is 1.87. The Morgan fingerprint density at radius 3 is 3.16 bits per heavy atom. The summed E-state index contributed by atoms with van der Waals surface area (Å²) < 4.78 is 7.56. The van der Waals surface area contributed by atoms with Gasteiger partial charge in [0.25, 0.3) is 0 Å². The molecule has 6 heteroatoms. The van der Waals surface area contributed by atoms with E-state index in [-0.39, 0.29) is 12.1 Å². The van der Waals surface area contributed by atoms with Crippen LogP contribution >= 0.6 is 11.6 Å². The maximum absolute atomic E-state index is 5.91. The van der Waals surface area contributed by atoms with E-state index < -0.39 is 0 Å². The van der Waals surface area contributed by atoms with Gasteiger partial charge in [-0.25, -0.2) is 9.50 Å². The minimum absolute atomic E-state index is 0.0592. The normalized spacial score (nSPS) is 24.1. The van der Waals surface area contributed by atoms with Crippen LogP contribution in [0.5, 0.6) is 0 Å². The molecule has 1 aliphatic heterocycles. The summed E-state index contributed by atoms with van der Waals surface area (Å²) in [6, 6.07) is 2.34. The third-order valence-corrected chi connectivity index (χ3v) is 3.79. The van der Waals surface area contributed by atoms with Crippen LogP contribution in [0.4, 0.5) is 5.82 Å². The number of hydrogen-bond acceptors (Lipinski definition) is 4. The second-order valence-electron chi connectivity index (χ2n) is 4.98. The standard InChI is InChI=1S/C13H17ClN4O/c1-9-5-12-13(15-3-4-18(12)16-9)17-7-11(6-14)19-8-10(17)2/h3-5,10-11H,6-8H2,1-2H3. The fourth-order valence-corrected chi connectivity index (χ4v) is 2.64. The Bertz CT molecular complexity index is 585. The van der Waals surface area contributed by atoms with Crippen LogP contribution in [-0.4, -0.2) is 45.8 Å². The second kappa shape index (κ2) is 4.98. The molecule has 0 bridgehead atoms. The Morgan fingerprint density at radius 2 is 2.37 bits per heavy atom. The molecule has 2 atom stereocenters. The second-order valence-corrected chi connectivity index (χ2v) is 5.29. The van der Waals surface area contributed by atoms with Crippen LogP contribution in [0.25, 0.3) is 5.52 Å². The van der Waals surface area contributed by atoms with Crippen molar-refractivity contribution in [1.82, 2.24) is 14.6 Å². The molecule has 0 amide bonds. The monoisotopic (exact) mass is 280 g/mol. The number of ether oxygens (including phenoxy) is 1.